The number of benzene rings is 2. The number of nitrogen functional groups attached to an aromatic ring is 2. The van der Waals surface area contributed by atoms with E-state index in [1.54, 1.807) is 0 Å². The molecular formula is C14H10N2O8S2. The molecule has 2 aromatic carbocycles. The Balaban J connectivity index is 2.38. The van der Waals surface area contributed by atoms with Gasteiger partial charge in [-0.1, -0.05) is 0 Å². The lowest BCUT2D eigenvalue weighted by Crippen LogP contribution is -2.24. The minimum Gasteiger partial charge on any atom is -0.398 e. The van der Waals surface area contributed by atoms with Crippen LogP contribution >= 0.6 is 0 Å². The van der Waals surface area contributed by atoms with Crippen molar-refractivity contribution >= 4 is 43.2 Å². The van der Waals surface area contributed by atoms with Crippen LogP contribution in [0.5, 0.6) is 0 Å². The molecule has 12 heteroatoms. The number of rotatable bonds is 2. The van der Waals surface area contributed by atoms with E-state index in [1.807, 2.05) is 0 Å². The Kier molecular flexibility index (Phi) is 3.70. The van der Waals surface area contributed by atoms with E-state index in [9.17, 15) is 35.5 Å². The predicted octanol–water partition coefficient (Wildman–Crippen LogP) is 0.120. The predicted molar refractivity (Wildman–Crippen MR) is 88.2 cm³/mol. The van der Waals surface area contributed by atoms with Crippen LogP contribution in [0.2, 0.25) is 0 Å². The third-order valence-electron chi connectivity index (χ3n) is 3.87. The van der Waals surface area contributed by atoms with Crippen molar-refractivity contribution < 1.29 is 35.5 Å². The highest BCUT2D eigenvalue weighted by atomic mass is 32.2. The highest BCUT2D eigenvalue weighted by molar-refractivity contribution is 7.86. The lowest BCUT2D eigenvalue weighted by atomic mass is 9.83. The second-order valence-corrected chi connectivity index (χ2v) is 8.22. The van der Waals surface area contributed by atoms with E-state index in [1.165, 1.54) is 0 Å². The topological polar surface area (TPSA) is 195 Å². The highest BCUT2D eigenvalue weighted by Crippen LogP contribution is 2.36. The summed E-state index contributed by atoms with van der Waals surface area (Å²) >= 11 is 0. The quantitative estimate of drug-likeness (QED) is 0.340. The van der Waals surface area contributed by atoms with Crippen LogP contribution < -0.4 is 11.5 Å². The molecule has 0 saturated carbocycles. The van der Waals surface area contributed by atoms with Gasteiger partial charge in [-0.05, 0) is 24.3 Å². The smallest absolute Gasteiger partial charge is 0.296 e. The zero-order valence-electron chi connectivity index (χ0n) is 12.6. The van der Waals surface area contributed by atoms with Gasteiger partial charge in [0.1, 0.15) is 9.79 Å². The SMILES string of the molecule is Nc1cc2c(cc1S(=O)(=O)O)C(=O)c1c(ccc(S(=O)(=O)O)c1N)C2=O. The number of fused-ring (bicyclic) bond motifs is 2. The van der Waals surface area contributed by atoms with Crippen molar-refractivity contribution in [1.29, 1.82) is 0 Å². The summed E-state index contributed by atoms with van der Waals surface area (Å²) in [5.74, 6) is -1.71. The monoisotopic (exact) mass is 398 g/mol. The number of carbonyl (C=O) groups is 2. The molecule has 0 aliphatic heterocycles. The molecule has 6 N–H and O–H groups in total. The van der Waals surface area contributed by atoms with E-state index in [4.69, 9.17) is 11.5 Å². The summed E-state index contributed by atoms with van der Waals surface area (Å²) in [6.07, 6.45) is 0. The summed E-state index contributed by atoms with van der Waals surface area (Å²) in [7, 11) is -9.55. The van der Waals surface area contributed by atoms with Gasteiger partial charge in [0.25, 0.3) is 20.2 Å². The zero-order chi connectivity index (χ0) is 19.6. The molecule has 0 heterocycles. The Morgan fingerprint density at radius 3 is 1.81 bits per heavy atom. The molecule has 2 aromatic rings. The van der Waals surface area contributed by atoms with Crippen molar-refractivity contribution in [2.45, 2.75) is 9.79 Å². The first-order chi connectivity index (χ1) is 11.8. The van der Waals surface area contributed by atoms with Gasteiger partial charge in [0.15, 0.2) is 11.6 Å². The van der Waals surface area contributed by atoms with Gasteiger partial charge in [-0.2, -0.15) is 16.8 Å². The van der Waals surface area contributed by atoms with Crippen LogP contribution in [0, 0.1) is 0 Å². The number of carbonyl (C=O) groups excluding carboxylic acids is 2. The van der Waals surface area contributed by atoms with Gasteiger partial charge in [-0.15, -0.1) is 0 Å². The number of anilines is 2. The van der Waals surface area contributed by atoms with Crippen molar-refractivity contribution in [2.75, 3.05) is 11.5 Å². The first kappa shape index (κ1) is 18.0. The van der Waals surface area contributed by atoms with E-state index < -0.39 is 64.1 Å². The van der Waals surface area contributed by atoms with E-state index in [0.29, 0.717) is 6.07 Å². The average Bonchev–Trinajstić information content (AvgIpc) is 2.49. The molecule has 0 spiro atoms. The molecule has 0 amide bonds. The third kappa shape index (κ3) is 2.55. The van der Waals surface area contributed by atoms with Crippen LogP contribution in [0.15, 0.2) is 34.1 Å². The number of hydrogen-bond donors (Lipinski definition) is 4. The lowest BCUT2D eigenvalue weighted by molar-refractivity contribution is 0.0979. The van der Waals surface area contributed by atoms with Gasteiger partial charge in [-0.25, -0.2) is 0 Å². The maximum atomic E-state index is 12.7. The summed E-state index contributed by atoms with van der Waals surface area (Å²) < 4.78 is 63.8. The van der Waals surface area contributed by atoms with Crippen LogP contribution in [0.4, 0.5) is 11.4 Å². The molecule has 0 radical (unpaired) electrons. The van der Waals surface area contributed by atoms with Gasteiger partial charge < -0.3 is 11.5 Å². The van der Waals surface area contributed by atoms with Crippen LogP contribution in [0.3, 0.4) is 0 Å². The molecule has 0 unspecified atom stereocenters. The van der Waals surface area contributed by atoms with Crippen LogP contribution in [-0.2, 0) is 20.2 Å². The summed E-state index contributed by atoms with van der Waals surface area (Å²) in [5, 5.41) is 0. The minimum absolute atomic E-state index is 0.230. The Bertz CT molecular complexity index is 1230. The molecule has 136 valence electrons. The average molecular weight is 398 g/mol. The van der Waals surface area contributed by atoms with Gasteiger partial charge in [0.2, 0.25) is 0 Å². The summed E-state index contributed by atoms with van der Waals surface area (Å²) in [6.45, 7) is 0. The fourth-order valence-electron chi connectivity index (χ4n) is 2.73. The van der Waals surface area contributed by atoms with Crippen molar-refractivity contribution in [3.8, 4) is 0 Å². The maximum Gasteiger partial charge on any atom is 0.296 e. The molecule has 0 saturated heterocycles. The van der Waals surface area contributed by atoms with Crippen LogP contribution in [0.25, 0.3) is 0 Å². The van der Waals surface area contributed by atoms with Crippen molar-refractivity contribution in [2.24, 2.45) is 0 Å². The van der Waals surface area contributed by atoms with Gasteiger partial charge in [-0.3, -0.25) is 18.7 Å². The Morgan fingerprint density at radius 2 is 1.27 bits per heavy atom. The van der Waals surface area contributed by atoms with E-state index in [0.717, 1.165) is 18.2 Å². The molecule has 3 rings (SSSR count). The van der Waals surface area contributed by atoms with E-state index in [-0.39, 0.29) is 11.1 Å². The van der Waals surface area contributed by atoms with E-state index in [2.05, 4.69) is 0 Å². The second-order valence-electron chi connectivity index (χ2n) is 5.44. The van der Waals surface area contributed by atoms with Crippen molar-refractivity contribution in [3.63, 3.8) is 0 Å². The first-order valence-corrected chi connectivity index (χ1v) is 9.62. The second kappa shape index (κ2) is 5.35. The summed E-state index contributed by atoms with van der Waals surface area (Å²) in [4.78, 5) is 23.8. The minimum atomic E-state index is -4.78. The van der Waals surface area contributed by atoms with Gasteiger partial charge in [0.05, 0.1) is 16.9 Å². The Hall–Kier alpha value is -2.80. The van der Waals surface area contributed by atoms with Crippen molar-refractivity contribution in [1.82, 2.24) is 0 Å². The molecule has 0 bridgehead atoms. The summed E-state index contributed by atoms with van der Waals surface area (Å²) in [6, 6.07) is 3.51. The van der Waals surface area contributed by atoms with Gasteiger partial charge in [0, 0.05) is 16.7 Å². The van der Waals surface area contributed by atoms with Crippen molar-refractivity contribution in [3.05, 3.63) is 46.5 Å². The van der Waals surface area contributed by atoms with Crippen LogP contribution in [-0.4, -0.2) is 37.5 Å². The molecular weight excluding hydrogens is 388 g/mol. The lowest BCUT2D eigenvalue weighted by Gasteiger charge is -2.21. The molecule has 10 nitrogen and oxygen atoms in total. The standard InChI is InChI=1S/C14H10N2O8S2/c15-8-3-6-7(4-10(8)26(22,23)24)14(18)11-5(13(6)17)1-2-9(12(11)16)25(19,20)21/h1-4H,15-16H2,(H,19,20,21)(H,22,23,24). The Morgan fingerprint density at radius 1 is 0.731 bits per heavy atom. The van der Waals surface area contributed by atoms with E-state index >= 15 is 0 Å². The number of ketones is 2. The fraction of sp³-hybridized carbons (Fsp3) is 0. The normalized spacial score (nSPS) is 14.1. The molecule has 1 aliphatic carbocycles. The number of hydrogen-bond acceptors (Lipinski definition) is 8. The summed E-state index contributed by atoms with van der Waals surface area (Å²) in [5.41, 5.74) is 8.70. The Labute approximate surface area is 146 Å². The fourth-order valence-corrected chi connectivity index (χ4v) is 3.98. The molecule has 1 aliphatic rings. The largest absolute Gasteiger partial charge is 0.398 e. The zero-order valence-corrected chi connectivity index (χ0v) is 14.3. The molecule has 26 heavy (non-hydrogen) atoms. The molecule has 0 aromatic heterocycles. The third-order valence-corrected chi connectivity index (χ3v) is 5.69. The highest BCUT2D eigenvalue weighted by Gasteiger charge is 2.35. The molecule has 0 atom stereocenters. The van der Waals surface area contributed by atoms with Crippen LogP contribution in [0.1, 0.15) is 31.8 Å². The first-order valence-electron chi connectivity index (χ1n) is 6.74. The number of nitrogens with two attached hydrogens (primary N) is 2. The molecule has 0 fully saturated rings. The maximum absolute atomic E-state index is 12.7. The van der Waals surface area contributed by atoms with Gasteiger partial charge >= 0.3 is 0 Å².